The number of nitrogens with one attached hydrogen (secondary N) is 2. The zero-order chi connectivity index (χ0) is 8.97. The van der Waals surface area contributed by atoms with Crippen molar-refractivity contribution in [1.82, 2.24) is 10.5 Å². The Morgan fingerprint density at radius 1 is 1.75 bits per heavy atom. The van der Waals surface area contributed by atoms with Gasteiger partial charge in [-0.2, -0.15) is 0 Å². The van der Waals surface area contributed by atoms with Crippen LogP contribution in [0.25, 0.3) is 0 Å². The third-order valence-corrected chi connectivity index (χ3v) is 1.49. The number of H-pyrrole nitrogens is 1. The molecular weight excluding hydrogens is 156 g/mol. The predicted molar refractivity (Wildman–Crippen MR) is 44.6 cm³/mol. The summed E-state index contributed by atoms with van der Waals surface area (Å²) in [4.78, 5) is 18.8. The highest BCUT2D eigenvalue weighted by Crippen LogP contribution is 2.03. The lowest BCUT2D eigenvalue weighted by Gasteiger charge is -2.01. The van der Waals surface area contributed by atoms with Crippen LogP contribution in [0.4, 0.5) is 0 Å². The molecule has 2 N–H and O–H groups in total. The van der Waals surface area contributed by atoms with E-state index in [0.717, 1.165) is 5.56 Å². The molecule has 0 saturated carbocycles. The number of aryl methyl sites for hydroxylation is 1. The van der Waals surface area contributed by atoms with Crippen LogP contribution < -0.4 is 5.48 Å². The lowest BCUT2D eigenvalue weighted by atomic mass is 10.3. The van der Waals surface area contributed by atoms with E-state index in [1.807, 2.05) is 19.9 Å². The van der Waals surface area contributed by atoms with Crippen molar-refractivity contribution in [3.63, 3.8) is 0 Å². The number of carbonyl (C=O) groups excluding carboxylic acids is 1. The molecule has 1 aromatic heterocycles. The van der Waals surface area contributed by atoms with E-state index in [1.54, 1.807) is 6.20 Å². The Hall–Kier alpha value is -1.29. The topological polar surface area (TPSA) is 54.1 Å². The monoisotopic (exact) mass is 168 g/mol. The molecule has 1 heterocycles. The van der Waals surface area contributed by atoms with E-state index in [-0.39, 0.29) is 5.91 Å². The third kappa shape index (κ3) is 1.85. The molecule has 1 amide bonds. The Balaban J connectivity index is 2.59. The molecule has 0 radical (unpaired) electrons. The van der Waals surface area contributed by atoms with Gasteiger partial charge >= 0.3 is 0 Å². The van der Waals surface area contributed by atoms with Gasteiger partial charge in [0.1, 0.15) is 5.69 Å². The van der Waals surface area contributed by atoms with Gasteiger partial charge in [-0.05, 0) is 25.5 Å². The summed E-state index contributed by atoms with van der Waals surface area (Å²) in [6, 6.07) is 1.83. The zero-order valence-electron chi connectivity index (χ0n) is 7.18. The first-order valence-corrected chi connectivity index (χ1v) is 3.81. The molecule has 0 unspecified atom stereocenters. The van der Waals surface area contributed by atoms with E-state index in [1.165, 1.54) is 0 Å². The van der Waals surface area contributed by atoms with E-state index < -0.39 is 0 Å². The highest BCUT2D eigenvalue weighted by molar-refractivity contribution is 5.92. The Morgan fingerprint density at radius 2 is 2.50 bits per heavy atom. The van der Waals surface area contributed by atoms with E-state index in [0.29, 0.717) is 12.3 Å². The fraction of sp³-hybridized carbons (Fsp3) is 0.375. The van der Waals surface area contributed by atoms with E-state index in [9.17, 15) is 4.79 Å². The summed E-state index contributed by atoms with van der Waals surface area (Å²) in [7, 11) is 0. The number of carbonyl (C=O) groups is 1. The molecule has 0 bridgehead atoms. The van der Waals surface area contributed by atoms with Crippen molar-refractivity contribution in [1.29, 1.82) is 0 Å². The van der Waals surface area contributed by atoms with Crippen LogP contribution in [0.3, 0.4) is 0 Å². The molecule has 0 aromatic carbocycles. The Bertz CT molecular complexity index is 268. The van der Waals surface area contributed by atoms with Gasteiger partial charge in [-0.1, -0.05) is 0 Å². The first-order valence-electron chi connectivity index (χ1n) is 3.81. The number of rotatable bonds is 3. The largest absolute Gasteiger partial charge is 0.357 e. The van der Waals surface area contributed by atoms with Gasteiger partial charge in [0.05, 0.1) is 6.61 Å². The molecule has 0 fully saturated rings. The Labute approximate surface area is 70.9 Å². The number of aromatic nitrogens is 1. The lowest BCUT2D eigenvalue weighted by molar-refractivity contribution is 0.0360. The third-order valence-electron chi connectivity index (χ3n) is 1.49. The van der Waals surface area contributed by atoms with Crippen LogP contribution in [-0.4, -0.2) is 17.5 Å². The smallest absolute Gasteiger partial charge is 0.291 e. The minimum atomic E-state index is -0.237. The second kappa shape index (κ2) is 3.92. The molecule has 0 atom stereocenters. The average molecular weight is 168 g/mol. The van der Waals surface area contributed by atoms with Crippen LogP contribution in [0.2, 0.25) is 0 Å². The van der Waals surface area contributed by atoms with Crippen molar-refractivity contribution in [2.75, 3.05) is 6.61 Å². The van der Waals surface area contributed by atoms with Crippen molar-refractivity contribution in [3.8, 4) is 0 Å². The molecule has 12 heavy (non-hydrogen) atoms. The van der Waals surface area contributed by atoms with E-state index >= 15 is 0 Å². The quantitative estimate of drug-likeness (QED) is 0.661. The first kappa shape index (κ1) is 8.80. The average Bonchev–Trinajstić information content (AvgIpc) is 2.47. The second-order valence-corrected chi connectivity index (χ2v) is 2.40. The van der Waals surface area contributed by atoms with Crippen LogP contribution in [0, 0.1) is 6.92 Å². The fourth-order valence-electron chi connectivity index (χ4n) is 0.881. The highest BCUT2D eigenvalue weighted by atomic mass is 16.6. The van der Waals surface area contributed by atoms with Crippen molar-refractivity contribution in [2.24, 2.45) is 0 Å². The van der Waals surface area contributed by atoms with Crippen LogP contribution in [0.15, 0.2) is 12.3 Å². The summed E-state index contributed by atoms with van der Waals surface area (Å²) in [6.07, 6.45) is 1.72. The number of amides is 1. The molecule has 66 valence electrons. The van der Waals surface area contributed by atoms with Gasteiger partial charge in [-0.3, -0.25) is 9.63 Å². The molecule has 1 rings (SSSR count). The maximum absolute atomic E-state index is 11.2. The summed E-state index contributed by atoms with van der Waals surface area (Å²) in [6.45, 7) is 4.13. The van der Waals surface area contributed by atoms with E-state index in [2.05, 4.69) is 10.5 Å². The first-order chi connectivity index (χ1) is 5.75. The fourth-order valence-corrected chi connectivity index (χ4v) is 0.881. The van der Waals surface area contributed by atoms with E-state index in [4.69, 9.17) is 4.84 Å². The predicted octanol–water partition coefficient (Wildman–Crippen LogP) is 1.00. The molecule has 0 aliphatic heterocycles. The van der Waals surface area contributed by atoms with Crippen LogP contribution in [0.5, 0.6) is 0 Å². The molecule has 0 aliphatic rings. The van der Waals surface area contributed by atoms with Gasteiger partial charge < -0.3 is 4.98 Å². The summed E-state index contributed by atoms with van der Waals surface area (Å²) in [5.41, 5.74) is 3.76. The van der Waals surface area contributed by atoms with Gasteiger partial charge in [0.15, 0.2) is 0 Å². The summed E-state index contributed by atoms with van der Waals surface area (Å²) < 4.78 is 0. The number of hydroxylamine groups is 1. The van der Waals surface area contributed by atoms with Gasteiger partial charge in [0, 0.05) is 6.20 Å². The number of aromatic amines is 1. The minimum absolute atomic E-state index is 0.237. The van der Waals surface area contributed by atoms with Crippen molar-refractivity contribution >= 4 is 5.91 Å². The maximum atomic E-state index is 11.2. The number of hydrogen-bond donors (Lipinski definition) is 2. The summed E-state index contributed by atoms with van der Waals surface area (Å²) in [5, 5.41) is 0. The molecule has 1 aromatic rings. The summed E-state index contributed by atoms with van der Waals surface area (Å²) >= 11 is 0. The Kier molecular flexibility index (Phi) is 2.88. The maximum Gasteiger partial charge on any atom is 0.291 e. The Morgan fingerprint density at radius 3 is 3.00 bits per heavy atom. The molecule has 0 aliphatic carbocycles. The normalized spacial score (nSPS) is 9.83. The van der Waals surface area contributed by atoms with Crippen molar-refractivity contribution in [3.05, 3.63) is 23.5 Å². The van der Waals surface area contributed by atoms with Gasteiger partial charge in [-0.15, -0.1) is 0 Å². The minimum Gasteiger partial charge on any atom is -0.357 e. The standard InChI is InChI=1S/C8H12N2O2/c1-3-12-10-8(11)7-6(2)4-5-9-7/h4-5,9H,3H2,1-2H3,(H,10,11). The molecule has 4 nitrogen and oxygen atoms in total. The molecular formula is C8H12N2O2. The van der Waals surface area contributed by atoms with Crippen LogP contribution >= 0.6 is 0 Å². The van der Waals surface area contributed by atoms with Crippen molar-refractivity contribution in [2.45, 2.75) is 13.8 Å². The van der Waals surface area contributed by atoms with Crippen LogP contribution in [-0.2, 0) is 4.84 Å². The van der Waals surface area contributed by atoms with Gasteiger partial charge in [0.25, 0.3) is 5.91 Å². The second-order valence-electron chi connectivity index (χ2n) is 2.40. The highest BCUT2D eigenvalue weighted by Gasteiger charge is 2.08. The summed E-state index contributed by atoms with van der Waals surface area (Å²) in [5.74, 6) is -0.237. The lowest BCUT2D eigenvalue weighted by Crippen LogP contribution is -2.24. The molecule has 0 saturated heterocycles. The zero-order valence-corrected chi connectivity index (χ0v) is 7.18. The van der Waals surface area contributed by atoms with Crippen molar-refractivity contribution < 1.29 is 9.63 Å². The van der Waals surface area contributed by atoms with Crippen LogP contribution in [0.1, 0.15) is 23.0 Å². The number of hydrogen-bond acceptors (Lipinski definition) is 2. The molecule has 4 heteroatoms. The molecule has 0 spiro atoms. The SMILES string of the molecule is CCONC(=O)c1[nH]ccc1C. The van der Waals surface area contributed by atoms with Gasteiger partial charge in [0.2, 0.25) is 0 Å². The van der Waals surface area contributed by atoms with Gasteiger partial charge in [-0.25, -0.2) is 5.48 Å².